The minimum Gasteiger partial charge on any atom is -0.374 e. The van der Waals surface area contributed by atoms with Gasteiger partial charge in [0, 0.05) is 25.7 Å². The van der Waals surface area contributed by atoms with E-state index < -0.39 is 0 Å². The van der Waals surface area contributed by atoms with Gasteiger partial charge in [0.15, 0.2) is 0 Å². The van der Waals surface area contributed by atoms with E-state index in [1.165, 1.54) is 12.8 Å². The SMILES string of the molecule is CN1CCOC(CNC(=O)C2C3CCC(C3)C2N)C1.Cl. The zero-order valence-electron chi connectivity index (χ0n) is 12.1. The van der Waals surface area contributed by atoms with Crippen molar-refractivity contribution in [1.29, 1.82) is 0 Å². The Bertz CT molecular complexity index is 353. The van der Waals surface area contributed by atoms with Gasteiger partial charge in [-0.15, -0.1) is 12.4 Å². The van der Waals surface area contributed by atoms with E-state index in [4.69, 9.17) is 10.5 Å². The Morgan fingerprint density at radius 3 is 2.80 bits per heavy atom. The predicted octanol–water partition coefficient (Wildman–Crippen LogP) is 0.228. The van der Waals surface area contributed by atoms with Crippen molar-refractivity contribution in [2.45, 2.75) is 31.4 Å². The van der Waals surface area contributed by atoms with Crippen LogP contribution in [0.5, 0.6) is 0 Å². The number of morpholine rings is 1. The number of hydrogen-bond acceptors (Lipinski definition) is 4. The molecule has 0 aromatic heterocycles. The molecule has 1 saturated heterocycles. The molecule has 1 heterocycles. The van der Waals surface area contributed by atoms with Gasteiger partial charge >= 0.3 is 0 Å². The molecule has 2 aliphatic carbocycles. The molecule has 0 aromatic rings. The molecule has 0 radical (unpaired) electrons. The number of carbonyl (C=O) groups is 1. The van der Waals surface area contributed by atoms with Gasteiger partial charge in [-0.05, 0) is 38.1 Å². The first-order chi connectivity index (χ1) is 9.15. The van der Waals surface area contributed by atoms with Gasteiger partial charge in [-0.1, -0.05) is 0 Å². The zero-order valence-corrected chi connectivity index (χ0v) is 12.9. The second-order valence-corrected chi connectivity index (χ2v) is 6.44. The van der Waals surface area contributed by atoms with Gasteiger partial charge in [0.2, 0.25) is 5.91 Å². The number of fused-ring (bicyclic) bond motifs is 2. The number of ether oxygens (including phenoxy) is 1. The van der Waals surface area contributed by atoms with Crippen LogP contribution in [0.4, 0.5) is 0 Å². The lowest BCUT2D eigenvalue weighted by molar-refractivity contribution is -0.128. The van der Waals surface area contributed by atoms with Crippen molar-refractivity contribution in [2.75, 3.05) is 33.3 Å². The lowest BCUT2D eigenvalue weighted by Crippen LogP contribution is -2.50. The summed E-state index contributed by atoms with van der Waals surface area (Å²) in [5, 5.41) is 3.06. The minimum atomic E-state index is 0. The van der Waals surface area contributed by atoms with E-state index in [1.807, 2.05) is 0 Å². The zero-order chi connectivity index (χ0) is 13.4. The Kier molecular flexibility index (Phi) is 5.29. The molecule has 2 saturated carbocycles. The summed E-state index contributed by atoms with van der Waals surface area (Å²) in [6, 6.07) is 0.0775. The molecule has 6 heteroatoms. The Balaban J connectivity index is 0.00000147. The highest BCUT2D eigenvalue weighted by molar-refractivity contribution is 5.85. The van der Waals surface area contributed by atoms with Crippen molar-refractivity contribution in [1.82, 2.24) is 10.2 Å². The van der Waals surface area contributed by atoms with Crippen LogP contribution >= 0.6 is 12.4 Å². The minimum absolute atomic E-state index is 0. The van der Waals surface area contributed by atoms with Crippen LogP contribution in [0, 0.1) is 17.8 Å². The third-order valence-electron chi connectivity index (χ3n) is 5.13. The smallest absolute Gasteiger partial charge is 0.225 e. The molecule has 3 N–H and O–H groups in total. The van der Waals surface area contributed by atoms with Gasteiger partial charge in [-0.2, -0.15) is 0 Å². The maximum absolute atomic E-state index is 12.3. The highest BCUT2D eigenvalue weighted by atomic mass is 35.5. The molecule has 3 aliphatic rings. The average Bonchev–Trinajstić information content (AvgIpc) is 2.97. The molecule has 3 rings (SSSR count). The molecule has 20 heavy (non-hydrogen) atoms. The van der Waals surface area contributed by atoms with Crippen molar-refractivity contribution in [3.63, 3.8) is 0 Å². The van der Waals surface area contributed by atoms with Crippen molar-refractivity contribution >= 4 is 18.3 Å². The molecule has 3 fully saturated rings. The molecule has 1 aliphatic heterocycles. The van der Waals surface area contributed by atoms with Gasteiger partial charge in [-0.3, -0.25) is 4.79 Å². The van der Waals surface area contributed by atoms with Crippen molar-refractivity contribution in [3.05, 3.63) is 0 Å². The van der Waals surface area contributed by atoms with Crippen LogP contribution in [0.3, 0.4) is 0 Å². The molecule has 5 atom stereocenters. The molecule has 2 bridgehead atoms. The number of halogens is 1. The topological polar surface area (TPSA) is 67.6 Å². The summed E-state index contributed by atoms with van der Waals surface area (Å²) in [5.41, 5.74) is 6.20. The Labute approximate surface area is 127 Å². The van der Waals surface area contributed by atoms with Crippen molar-refractivity contribution in [2.24, 2.45) is 23.5 Å². The number of likely N-dealkylation sites (N-methyl/N-ethyl adjacent to an activating group) is 1. The third kappa shape index (κ3) is 3.11. The van der Waals surface area contributed by atoms with Crippen molar-refractivity contribution in [3.8, 4) is 0 Å². The lowest BCUT2D eigenvalue weighted by atomic mass is 9.84. The van der Waals surface area contributed by atoms with E-state index in [1.54, 1.807) is 0 Å². The van der Waals surface area contributed by atoms with Gasteiger partial charge in [0.1, 0.15) is 0 Å². The molecule has 0 aromatic carbocycles. The first kappa shape index (κ1) is 16.0. The molecule has 116 valence electrons. The van der Waals surface area contributed by atoms with Crippen molar-refractivity contribution < 1.29 is 9.53 Å². The Hall–Kier alpha value is -0.360. The summed E-state index contributed by atoms with van der Waals surface area (Å²) < 4.78 is 5.66. The maximum Gasteiger partial charge on any atom is 0.225 e. The highest BCUT2D eigenvalue weighted by Crippen LogP contribution is 2.47. The second-order valence-electron chi connectivity index (χ2n) is 6.44. The van der Waals surface area contributed by atoms with Crippen LogP contribution in [0.1, 0.15) is 19.3 Å². The van der Waals surface area contributed by atoms with Gasteiger partial charge in [0.05, 0.1) is 18.6 Å². The largest absolute Gasteiger partial charge is 0.374 e. The lowest BCUT2D eigenvalue weighted by Gasteiger charge is -2.31. The fourth-order valence-electron chi connectivity index (χ4n) is 4.05. The summed E-state index contributed by atoms with van der Waals surface area (Å²) >= 11 is 0. The fourth-order valence-corrected chi connectivity index (χ4v) is 4.05. The van der Waals surface area contributed by atoms with Crippen LogP contribution in [0.25, 0.3) is 0 Å². The van der Waals surface area contributed by atoms with Gasteiger partial charge in [0.25, 0.3) is 0 Å². The van der Waals surface area contributed by atoms with E-state index in [0.717, 1.165) is 26.1 Å². The number of nitrogens with zero attached hydrogens (tertiary/aromatic N) is 1. The third-order valence-corrected chi connectivity index (χ3v) is 5.13. The number of nitrogens with two attached hydrogens (primary N) is 1. The Morgan fingerprint density at radius 2 is 2.15 bits per heavy atom. The van der Waals surface area contributed by atoms with Crippen LogP contribution in [0.2, 0.25) is 0 Å². The number of carbonyl (C=O) groups excluding carboxylic acids is 1. The van der Waals surface area contributed by atoms with E-state index in [9.17, 15) is 4.79 Å². The summed E-state index contributed by atoms with van der Waals surface area (Å²) in [5.74, 6) is 1.30. The number of nitrogens with one attached hydrogen (secondary N) is 1. The van der Waals surface area contributed by atoms with Crippen LogP contribution in [-0.2, 0) is 9.53 Å². The average molecular weight is 304 g/mol. The Morgan fingerprint density at radius 1 is 1.40 bits per heavy atom. The molecule has 5 nitrogen and oxygen atoms in total. The summed E-state index contributed by atoms with van der Waals surface area (Å²) in [6.07, 6.45) is 3.67. The normalized spacial score (nSPS) is 40.4. The molecular formula is C14H26ClN3O2. The summed E-state index contributed by atoms with van der Waals surface area (Å²) in [7, 11) is 2.09. The molecule has 0 spiro atoms. The highest BCUT2D eigenvalue weighted by Gasteiger charge is 2.49. The first-order valence-corrected chi connectivity index (χ1v) is 7.48. The predicted molar refractivity (Wildman–Crippen MR) is 79.8 cm³/mol. The van der Waals surface area contributed by atoms with Gasteiger partial charge < -0.3 is 20.7 Å². The standard InChI is InChI=1S/C14H25N3O2.ClH/c1-17-4-5-19-11(8-17)7-16-14(18)12-9-2-3-10(6-9)13(12)15;/h9-13H,2-8,15H2,1H3,(H,16,18);1H. The van der Waals surface area contributed by atoms with E-state index in [0.29, 0.717) is 18.4 Å². The number of hydrogen-bond donors (Lipinski definition) is 2. The van der Waals surface area contributed by atoms with E-state index >= 15 is 0 Å². The van der Waals surface area contributed by atoms with Crippen LogP contribution < -0.4 is 11.1 Å². The number of rotatable bonds is 3. The maximum atomic E-state index is 12.3. The monoisotopic (exact) mass is 303 g/mol. The van der Waals surface area contributed by atoms with Gasteiger partial charge in [-0.25, -0.2) is 0 Å². The molecular weight excluding hydrogens is 278 g/mol. The fraction of sp³-hybridized carbons (Fsp3) is 0.929. The first-order valence-electron chi connectivity index (χ1n) is 7.48. The quantitative estimate of drug-likeness (QED) is 0.783. The summed E-state index contributed by atoms with van der Waals surface area (Å²) in [6.45, 7) is 3.24. The second kappa shape index (κ2) is 6.60. The number of amides is 1. The van der Waals surface area contributed by atoms with E-state index in [-0.39, 0.29) is 36.4 Å². The van der Waals surface area contributed by atoms with Crippen LogP contribution in [0.15, 0.2) is 0 Å². The molecule has 1 amide bonds. The molecule has 5 unspecified atom stereocenters. The van der Waals surface area contributed by atoms with Crippen LogP contribution in [-0.4, -0.2) is 56.2 Å². The van der Waals surface area contributed by atoms with E-state index in [2.05, 4.69) is 17.3 Å². The summed E-state index contributed by atoms with van der Waals surface area (Å²) in [4.78, 5) is 14.5.